The predicted molar refractivity (Wildman–Crippen MR) is 49.4 cm³/mol. The zero-order valence-corrected chi connectivity index (χ0v) is 8.25. The molecule has 0 unspecified atom stereocenters. The van der Waals surface area contributed by atoms with Gasteiger partial charge < -0.3 is 10.5 Å². The number of ether oxygens (including phenoxy) is 1. The van der Waals surface area contributed by atoms with E-state index in [4.69, 9.17) is 16.3 Å². The van der Waals surface area contributed by atoms with Crippen LogP contribution < -0.4 is 10.5 Å². The summed E-state index contributed by atoms with van der Waals surface area (Å²) in [6.07, 6.45) is -5.21. The SMILES string of the molecule is N#CCc1cc(N)c(C#N)c(OC(F)(F)F)n1. The molecule has 1 aromatic heterocycles. The molecule has 0 radical (unpaired) electrons. The van der Waals surface area contributed by atoms with E-state index in [0.29, 0.717) is 0 Å². The summed E-state index contributed by atoms with van der Waals surface area (Å²) in [5.74, 6) is -0.940. The molecule has 0 saturated heterocycles. The van der Waals surface area contributed by atoms with Crippen molar-refractivity contribution in [1.82, 2.24) is 4.98 Å². The van der Waals surface area contributed by atoms with Crippen molar-refractivity contribution in [3.8, 4) is 18.0 Å². The molecule has 17 heavy (non-hydrogen) atoms. The van der Waals surface area contributed by atoms with Gasteiger partial charge >= 0.3 is 6.36 Å². The Bertz CT molecular complexity index is 513. The number of anilines is 1. The van der Waals surface area contributed by atoms with Crippen LogP contribution in [0.4, 0.5) is 18.9 Å². The second kappa shape index (κ2) is 4.58. The Kier molecular flexibility index (Phi) is 3.39. The molecule has 0 saturated carbocycles. The van der Waals surface area contributed by atoms with Crippen LogP contribution in [0.5, 0.6) is 5.88 Å². The number of alkyl halides is 3. The normalized spacial score (nSPS) is 10.4. The van der Waals surface area contributed by atoms with Crippen LogP contribution in [0.3, 0.4) is 0 Å². The molecular weight excluding hydrogens is 237 g/mol. The minimum absolute atomic E-state index is 0.00301. The molecule has 5 nitrogen and oxygen atoms in total. The van der Waals surface area contributed by atoms with Crippen molar-refractivity contribution < 1.29 is 17.9 Å². The van der Waals surface area contributed by atoms with Gasteiger partial charge in [-0.25, -0.2) is 4.98 Å². The summed E-state index contributed by atoms with van der Waals surface area (Å²) >= 11 is 0. The maximum absolute atomic E-state index is 12.0. The third kappa shape index (κ3) is 3.24. The molecule has 0 aliphatic carbocycles. The Morgan fingerprint density at radius 2 is 2.06 bits per heavy atom. The van der Waals surface area contributed by atoms with Crippen molar-refractivity contribution in [2.45, 2.75) is 12.8 Å². The van der Waals surface area contributed by atoms with E-state index >= 15 is 0 Å². The Morgan fingerprint density at radius 3 is 2.53 bits per heavy atom. The Labute approximate surface area is 93.8 Å². The van der Waals surface area contributed by atoms with Gasteiger partial charge in [-0.1, -0.05) is 0 Å². The molecule has 8 heteroatoms. The van der Waals surface area contributed by atoms with Crippen LogP contribution in [0.2, 0.25) is 0 Å². The summed E-state index contributed by atoms with van der Waals surface area (Å²) in [7, 11) is 0. The first-order chi connectivity index (χ1) is 7.87. The fourth-order valence-electron chi connectivity index (χ4n) is 1.06. The smallest absolute Gasteiger partial charge is 0.397 e. The van der Waals surface area contributed by atoms with E-state index in [1.165, 1.54) is 6.07 Å². The Morgan fingerprint density at radius 1 is 1.41 bits per heavy atom. The average Bonchev–Trinajstić information content (AvgIpc) is 2.15. The van der Waals surface area contributed by atoms with Gasteiger partial charge in [-0.3, -0.25) is 0 Å². The van der Waals surface area contributed by atoms with E-state index in [2.05, 4.69) is 9.72 Å². The monoisotopic (exact) mass is 242 g/mol. The maximum atomic E-state index is 12.0. The number of nitrogens with two attached hydrogens (primary N) is 1. The highest BCUT2D eigenvalue weighted by molar-refractivity contribution is 5.59. The summed E-state index contributed by atoms with van der Waals surface area (Å²) in [6, 6.07) is 4.32. The molecule has 1 heterocycles. The van der Waals surface area contributed by atoms with Crippen LogP contribution >= 0.6 is 0 Å². The van der Waals surface area contributed by atoms with Crippen molar-refractivity contribution in [3.63, 3.8) is 0 Å². The summed E-state index contributed by atoms with van der Waals surface area (Å²) in [4.78, 5) is 3.41. The largest absolute Gasteiger partial charge is 0.574 e. The van der Waals surface area contributed by atoms with Gasteiger partial charge in [0.05, 0.1) is 23.9 Å². The Balaban J connectivity index is 3.26. The highest BCUT2D eigenvalue weighted by Gasteiger charge is 2.33. The predicted octanol–water partition coefficient (Wildman–Crippen LogP) is 1.50. The number of rotatable bonds is 2. The van der Waals surface area contributed by atoms with Gasteiger partial charge in [-0.2, -0.15) is 10.5 Å². The standard InChI is InChI=1S/C9H5F3N4O/c10-9(11,12)17-8-6(4-14)7(15)3-5(16-8)1-2-13/h3H,1H2,(H2,15,16). The average molecular weight is 242 g/mol. The molecule has 0 bridgehead atoms. The highest BCUT2D eigenvalue weighted by atomic mass is 19.4. The Hall–Kier alpha value is -2.48. The van der Waals surface area contributed by atoms with E-state index in [-0.39, 0.29) is 17.8 Å². The summed E-state index contributed by atoms with van der Waals surface area (Å²) in [5.41, 5.74) is 4.64. The van der Waals surface area contributed by atoms with Crippen molar-refractivity contribution in [1.29, 1.82) is 10.5 Å². The molecule has 0 fully saturated rings. The van der Waals surface area contributed by atoms with Crippen LogP contribution in [-0.2, 0) is 6.42 Å². The lowest BCUT2D eigenvalue weighted by molar-refractivity contribution is -0.276. The van der Waals surface area contributed by atoms with Gasteiger partial charge in [-0.05, 0) is 6.07 Å². The van der Waals surface area contributed by atoms with Crippen molar-refractivity contribution in [2.75, 3.05) is 5.73 Å². The molecule has 0 spiro atoms. The number of hydrogen-bond acceptors (Lipinski definition) is 5. The number of pyridine rings is 1. The highest BCUT2D eigenvalue weighted by Crippen LogP contribution is 2.28. The van der Waals surface area contributed by atoms with Crippen LogP contribution in [0.1, 0.15) is 11.3 Å². The zero-order valence-electron chi connectivity index (χ0n) is 8.25. The second-order valence-electron chi connectivity index (χ2n) is 2.88. The third-order valence-corrected chi connectivity index (χ3v) is 1.65. The lowest BCUT2D eigenvalue weighted by atomic mass is 10.2. The molecule has 0 amide bonds. The van der Waals surface area contributed by atoms with Crippen LogP contribution in [0.25, 0.3) is 0 Å². The first kappa shape index (κ1) is 12.6. The van der Waals surface area contributed by atoms with Gasteiger partial charge in [-0.15, -0.1) is 13.2 Å². The van der Waals surface area contributed by atoms with Crippen molar-refractivity contribution in [2.24, 2.45) is 0 Å². The van der Waals surface area contributed by atoms with Crippen LogP contribution in [-0.4, -0.2) is 11.3 Å². The molecule has 1 aromatic rings. The molecule has 88 valence electrons. The van der Waals surface area contributed by atoms with Crippen LogP contribution in [0.15, 0.2) is 6.07 Å². The van der Waals surface area contributed by atoms with Gasteiger partial charge in [0.2, 0.25) is 5.88 Å². The lowest BCUT2D eigenvalue weighted by Crippen LogP contribution is -2.19. The first-order valence-electron chi connectivity index (χ1n) is 4.19. The molecular formula is C9H5F3N4O. The minimum Gasteiger partial charge on any atom is -0.397 e. The number of aromatic nitrogens is 1. The van der Waals surface area contributed by atoms with Gasteiger partial charge in [0.15, 0.2) is 0 Å². The number of hydrogen-bond donors (Lipinski definition) is 1. The fraction of sp³-hybridized carbons (Fsp3) is 0.222. The van der Waals surface area contributed by atoms with Crippen molar-refractivity contribution >= 4 is 5.69 Å². The molecule has 1 rings (SSSR count). The van der Waals surface area contributed by atoms with E-state index in [1.807, 2.05) is 0 Å². The fourth-order valence-corrected chi connectivity index (χ4v) is 1.06. The minimum atomic E-state index is -4.98. The molecule has 0 aliphatic rings. The van der Waals surface area contributed by atoms with E-state index in [0.717, 1.165) is 6.07 Å². The topological polar surface area (TPSA) is 95.7 Å². The van der Waals surface area contributed by atoms with Gasteiger partial charge in [0, 0.05) is 0 Å². The van der Waals surface area contributed by atoms with E-state index in [9.17, 15) is 13.2 Å². The second-order valence-corrected chi connectivity index (χ2v) is 2.88. The van der Waals surface area contributed by atoms with E-state index < -0.39 is 17.8 Å². The zero-order chi connectivity index (χ0) is 13.1. The van der Waals surface area contributed by atoms with E-state index in [1.54, 1.807) is 6.07 Å². The summed E-state index contributed by atoms with van der Waals surface area (Å²) in [5, 5.41) is 17.0. The quantitative estimate of drug-likeness (QED) is 0.847. The molecule has 0 atom stereocenters. The number of nitriles is 2. The van der Waals surface area contributed by atoms with Crippen LogP contribution in [0, 0.1) is 22.7 Å². The van der Waals surface area contributed by atoms with Gasteiger partial charge in [0.25, 0.3) is 0 Å². The maximum Gasteiger partial charge on any atom is 0.574 e. The molecule has 0 aromatic carbocycles. The molecule has 0 aliphatic heterocycles. The summed E-state index contributed by atoms with van der Waals surface area (Å²) in [6.45, 7) is 0. The number of halogens is 3. The van der Waals surface area contributed by atoms with Gasteiger partial charge in [0.1, 0.15) is 11.6 Å². The number of nitrogens with zero attached hydrogens (tertiary/aromatic N) is 3. The summed E-state index contributed by atoms with van der Waals surface area (Å²) < 4.78 is 39.7. The third-order valence-electron chi connectivity index (χ3n) is 1.65. The lowest BCUT2D eigenvalue weighted by Gasteiger charge is -2.11. The number of nitrogen functional groups attached to an aromatic ring is 1. The first-order valence-corrected chi connectivity index (χ1v) is 4.19. The molecule has 2 N–H and O–H groups in total. The van der Waals surface area contributed by atoms with Crippen molar-refractivity contribution in [3.05, 3.63) is 17.3 Å².